The number of carbonyl (C=O) groups excluding carboxylic acids is 1. The van der Waals surface area contributed by atoms with Crippen molar-refractivity contribution >= 4 is 33.1 Å². The Balaban J connectivity index is 2.15. The Morgan fingerprint density at radius 2 is 2.12 bits per heavy atom. The molecule has 0 unspecified atom stereocenters. The summed E-state index contributed by atoms with van der Waals surface area (Å²) in [5.74, 6) is -1.06. The van der Waals surface area contributed by atoms with Crippen LogP contribution in [0.4, 0.5) is 10.1 Å². The molecule has 0 fully saturated rings. The van der Waals surface area contributed by atoms with E-state index in [1.165, 1.54) is 41.7 Å². The van der Waals surface area contributed by atoms with E-state index in [2.05, 4.69) is 4.99 Å². The Morgan fingerprint density at radius 3 is 2.80 bits per heavy atom. The minimum Gasteiger partial charge on any atom is -0.316 e. The molecule has 3 rings (SSSR count). The summed E-state index contributed by atoms with van der Waals surface area (Å²) < 4.78 is 15.8. The monoisotopic (exact) mass is 359 g/mol. The Hall–Kier alpha value is -2.87. The highest BCUT2D eigenvalue weighted by molar-refractivity contribution is 7.16. The van der Waals surface area contributed by atoms with E-state index in [0.717, 1.165) is 18.0 Å². The fourth-order valence-electron chi connectivity index (χ4n) is 2.47. The number of hydrogen-bond donors (Lipinski definition) is 0. The van der Waals surface area contributed by atoms with Crippen molar-refractivity contribution in [1.82, 2.24) is 4.57 Å². The van der Waals surface area contributed by atoms with Crippen molar-refractivity contribution in [2.24, 2.45) is 4.99 Å². The van der Waals surface area contributed by atoms with Crippen LogP contribution in [0.3, 0.4) is 0 Å². The number of rotatable bonds is 4. The zero-order chi connectivity index (χ0) is 18.0. The summed E-state index contributed by atoms with van der Waals surface area (Å²) in [4.78, 5) is 27.4. The lowest BCUT2D eigenvalue weighted by molar-refractivity contribution is -0.384. The molecule has 0 saturated heterocycles. The SMILES string of the molecule is CCCn1c(=NC(=O)c2cccc(F)c2)sc2cc([N+](=O)[O-])ccc21. The third-order valence-electron chi connectivity index (χ3n) is 3.59. The summed E-state index contributed by atoms with van der Waals surface area (Å²) in [6.45, 7) is 2.60. The molecule has 1 heterocycles. The van der Waals surface area contributed by atoms with E-state index >= 15 is 0 Å². The molecule has 2 aromatic carbocycles. The third kappa shape index (κ3) is 3.48. The number of aryl methyl sites for hydroxylation is 1. The standard InChI is InChI=1S/C17H14FN3O3S/c1-2-8-20-14-7-6-13(21(23)24)10-15(14)25-17(20)19-16(22)11-4-3-5-12(18)9-11/h3-7,9-10H,2,8H2,1H3. The van der Waals surface area contributed by atoms with Crippen molar-refractivity contribution in [3.63, 3.8) is 0 Å². The van der Waals surface area contributed by atoms with Gasteiger partial charge in [-0.3, -0.25) is 14.9 Å². The second-order valence-electron chi connectivity index (χ2n) is 5.37. The van der Waals surface area contributed by atoms with Crippen LogP contribution in [0.1, 0.15) is 23.7 Å². The molecule has 0 spiro atoms. The first-order valence-electron chi connectivity index (χ1n) is 7.62. The predicted molar refractivity (Wildman–Crippen MR) is 93.1 cm³/mol. The van der Waals surface area contributed by atoms with E-state index in [1.54, 1.807) is 6.07 Å². The van der Waals surface area contributed by atoms with Gasteiger partial charge in [0, 0.05) is 24.2 Å². The largest absolute Gasteiger partial charge is 0.316 e. The van der Waals surface area contributed by atoms with Crippen LogP contribution in [0.2, 0.25) is 0 Å². The average molecular weight is 359 g/mol. The summed E-state index contributed by atoms with van der Waals surface area (Å²) in [6.07, 6.45) is 0.810. The maximum absolute atomic E-state index is 13.3. The van der Waals surface area contributed by atoms with Gasteiger partial charge in [-0.25, -0.2) is 4.39 Å². The van der Waals surface area contributed by atoms with Crippen LogP contribution >= 0.6 is 11.3 Å². The topological polar surface area (TPSA) is 77.5 Å². The van der Waals surface area contributed by atoms with Crippen LogP contribution in [-0.4, -0.2) is 15.4 Å². The number of carbonyl (C=O) groups is 1. The minimum atomic E-state index is -0.551. The normalized spacial score (nSPS) is 11.8. The van der Waals surface area contributed by atoms with Crippen LogP contribution in [0.25, 0.3) is 10.2 Å². The van der Waals surface area contributed by atoms with Gasteiger partial charge in [0.25, 0.3) is 11.6 Å². The zero-order valence-electron chi connectivity index (χ0n) is 13.3. The first-order chi connectivity index (χ1) is 12.0. The molecule has 8 heteroatoms. The molecule has 0 radical (unpaired) electrons. The zero-order valence-corrected chi connectivity index (χ0v) is 14.1. The number of hydrogen-bond acceptors (Lipinski definition) is 4. The Kier molecular flexibility index (Phi) is 4.71. The van der Waals surface area contributed by atoms with Crippen molar-refractivity contribution in [2.75, 3.05) is 0 Å². The van der Waals surface area contributed by atoms with Crippen LogP contribution in [0.15, 0.2) is 47.5 Å². The lowest BCUT2D eigenvalue weighted by Crippen LogP contribution is -2.16. The number of benzene rings is 2. The summed E-state index contributed by atoms with van der Waals surface area (Å²) >= 11 is 1.20. The van der Waals surface area contributed by atoms with Gasteiger partial charge in [-0.05, 0) is 30.7 Å². The Bertz CT molecular complexity index is 1040. The fourth-order valence-corrected chi connectivity index (χ4v) is 3.56. The second-order valence-corrected chi connectivity index (χ2v) is 6.38. The first kappa shape index (κ1) is 17.0. The highest BCUT2D eigenvalue weighted by Crippen LogP contribution is 2.23. The van der Waals surface area contributed by atoms with Gasteiger partial charge in [-0.15, -0.1) is 0 Å². The summed E-state index contributed by atoms with van der Waals surface area (Å²) in [5, 5.41) is 10.9. The number of nitrogens with zero attached hydrogens (tertiary/aromatic N) is 3. The van der Waals surface area contributed by atoms with Gasteiger partial charge < -0.3 is 4.57 Å². The van der Waals surface area contributed by atoms with Gasteiger partial charge >= 0.3 is 0 Å². The van der Waals surface area contributed by atoms with Crippen molar-refractivity contribution in [3.05, 3.63) is 68.8 Å². The van der Waals surface area contributed by atoms with Crippen LogP contribution in [0, 0.1) is 15.9 Å². The number of fused-ring (bicyclic) bond motifs is 1. The molecular formula is C17H14FN3O3S. The summed E-state index contributed by atoms with van der Waals surface area (Å²) in [5.41, 5.74) is 0.926. The molecule has 0 N–H and O–H groups in total. The number of halogens is 1. The Morgan fingerprint density at radius 1 is 1.32 bits per heavy atom. The van der Waals surface area contributed by atoms with E-state index in [4.69, 9.17) is 0 Å². The van der Waals surface area contributed by atoms with Gasteiger partial charge in [0.2, 0.25) is 0 Å². The number of aromatic nitrogens is 1. The Labute approximate surface area is 146 Å². The molecule has 0 saturated carbocycles. The number of amides is 1. The molecule has 0 aliphatic heterocycles. The van der Waals surface area contributed by atoms with Gasteiger partial charge in [0.15, 0.2) is 4.80 Å². The molecule has 0 atom stereocenters. The predicted octanol–water partition coefficient (Wildman–Crippen LogP) is 3.90. The van der Waals surface area contributed by atoms with Gasteiger partial charge in [-0.2, -0.15) is 4.99 Å². The third-order valence-corrected chi connectivity index (χ3v) is 4.63. The molecule has 6 nitrogen and oxygen atoms in total. The van der Waals surface area contributed by atoms with Crippen molar-refractivity contribution in [2.45, 2.75) is 19.9 Å². The second kappa shape index (κ2) is 6.94. The maximum Gasteiger partial charge on any atom is 0.279 e. The molecule has 0 aliphatic carbocycles. The highest BCUT2D eigenvalue weighted by atomic mass is 32.1. The molecule has 25 heavy (non-hydrogen) atoms. The van der Waals surface area contributed by atoms with Gasteiger partial charge in [0.05, 0.1) is 15.1 Å². The van der Waals surface area contributed by atoms with E-state index in [-0.39, 0.29) is 11.3 Å². The van der Waals surface area contributed by atoms with Crippen molar-refractivity contribution in [3.8, 4) is 0 Å². The molecule has 128 valence electrons. The average Bonchev–Trinajstić information content (AvgIpc) is 2.92. The molecule has 1 aromatic heterocycles. The minimum absolute atomic E-state index is 0.0135. The van der Waals surface area contributed by atoms with Crippen LogP contribution in [0.5, 0.6) is 0 Å². The van der Waals surface area contributed by atoms with E-state index in [0.29, 0.717) is 16.0 Å². The van der Waals surface area contributed by atoms with E-state index in [1.807, 2.05) is 11.5 Å². The van der Waals surface area contributed by atoms with Crippen molar-refractivity contribution < 1.29 is 14.1 Å². The van der Waals surface area contributed by atoms with Gasteiger partial charge in [-0.1, -0.05) is 24.3 Å². The van der Waals surface area contributed by atoms with Crippen LogP contribution < -0.4 is 4.80 Å². The van der Waals surface area contributed by atoms with E-state index < -0.39 is 16.6 Å². The summed E-state index contributed by atoms with van der Waals surface area (Å²) in [7, 11) is 0. The molecule has 0 bridgehead atoms. The smallest absolute Gasteiger partial charge is 0.279 e. The van der Waals surface area contributed by atoms with E-state index in [9.17, 15) is 19.3 Å². The first-order valence-corrected chi connectivity index (χ1v) is 8.43. The highest BCUT2D eigenvalue weighted by Gasteiger charge is 2.13. The molecule has 3 aromatic rings. The maximum atomic E-state index is 13.3. The number of nitro benzene ring substituents is 1. The summed E-state index contributed by atoms with van der Waals surface area (Å²) in [6, 6.07) is 9.90. The number of thiazole rings is 1. The van der Waals surface area contributed by atoms with Gasteiger partial charge in [0.1, 0.15) is 5.82 Å². The molecule has 1 amide bonds. The molecule has 0 aliphatic rings. The fraction of sp³-hybridized carbons (Fsp3) is 0.176. The lowest BCUT2D eigenvalue weighted by atomic mass is 10.2. The molecular weight excluding hydrogens is 345 g/mol. The number of nitro groups is 1. The van der Waals surface area contributed by atoms with Crippen molar-refractivity contribution in [1.29, 1.82) is 0 Å². The lowest BCUT2D eigenvalue weighted by Gasteiger charge is -2.02. The number of non-ortho nitro benzene ring substituents is 1. The van der Waals surface area contributed by atoms with Crippen LogP contribution in [-0.2, 0) is 6.54 Å². The quantitative estimate of drug-likeness (QED) is 0.523.